The maximum atomic E-state index is 13.9. The van der Waals surface area contributed by atoms with E-state index in [2.05, 4.69) is 20.7 Å². The Kier molecular flexibility index (Phi) is 3.67. The van der Waals surface area contributed by atoms with Crippen LogP contribution < -0.4 is 11.3 Å². The van der Waals surface area contributed by atoms with Gasteiger partial charge in [-0.15, -0.1) is 5.10 Å². The molecule has 0 bridgehead atoms. The van der Waals surface area contributed by atoms with E-state index in [0.717, 1.165) is 5.69 Å². The number of rotatable bonds is 4. The summed E-state index contributed by atoms with van der Waals surface area (Å²) in [4.78, 5) is 4.05. The average Bonchev–Trinajstić information content (AvgIpc) is 3.00. The van der Waals surface area contributed by atoms with Crippen molar-refractivity contribution >= 4 is 0 Å². The monoisotopic (exact) mass is 284 g/mol. The van der Waals surface area contributed by atoms with Crippen LogP contribution in [0.5, 0.6) is 0 Å². The van der Waals surface area contributed by atoms with Gasteiger partial charge < -0.3 is 0 Å². The molecule has 3 N–H and O–H groups in total. The molecule has 106 valence electrons. The molecule has 1 unspecified atom stereocenters. The Morgan fingerprint density at radius 2 is 1.95 bits per heavy atom. The highest BCUT2D eigenvalue weighted by molar-refractivity contribution is 5.34. The van der Waals surface area contributed by atoms with Crippen LogP contribution in [0.25, 0.3) is 5.69 Å². The summed E-state index contributed by atoms with van der Waals surface area (Å²) in [6.07, 6.45) is 3.05. The van der Waals surface area contributed by atoms with Gasteiger partial charge >= 0.3 is 0 Å². The maximum Gasteiger partial charge on any atom is 0.146 e. The molecule has 0 aliphatic rings. The fraction of sp³-hybridized carbons (Fsp3) is 0.0714. The number of hydrazine groups is 1. The largest absolute Gasteiger partial charge is 0.270 e. The van der Waals surface area contributed by atoms with Crippen LogP contribution in [0.3, 0.4) is 0 Å². The molecule has 0 amide bonds. The van der Waals surface area contributed by atoms with E-state index in [1.54, 1.807) is 4.68 Å². The molecule has 0 spiro atoms. The lowest BCUT2D eigenvalue weighted by Gasteiger charge is -2.16. The second-order valence-corrected chi connectivity index (χ2v) is 4.38. The topological polar surface area (TPSA) is 81.7 Å². The molecular weight excluding hydrogens is 271 g/mol. The molecule has 0 radical (unpaired) electrons. The van der Waals surface area contributed by atoms with Gasteiger partial charge in [-0.3, -0.25) is 10.8 Å². The summed E-state index contributed by atoms with van der Waals surface area (Å²) in [6.45, 7) is 0. The van der Waals surface area contributed by atoms with Crippen LogP contribution in [0.1, 0.15) is 17.4 Å². The number of aromatic nitrogens is 4. The van der Waals surface area contributed by atoms with Crippen molar-refractivity contribution in [1.82, 2.24) is 25.4 Å². The normalized spacial score (nSPS) is 12.3. The van der Waals surface area contributed by atoms with E-state index in [9.17, 15) is 4.39 Å². The van der Waals surface area contributed by atoms with E-state index < -0.39 is 11.9 Å². The number of para-hydroxylation sites is 1. The molecule has 0 aliphatic carbocycles. The Morgan fingerprint density at radius 3 is 2.67 bits per heavy atom. The Balaban J connectivity index is 2.08. The van der Waals surface area contributed by atoms with Crippen molar-refractivity contribution < 1.29 is 4.39 Å². The number of hydrogen-bond donors (Lipinski definition) is 2. The maximum absolute atomic E-state index is 13.9. The van der Waals surface area contributed by atoms with Crippen LogP contribution in [0.2, 0.25) is 0 Å². The predicted molar refractivity (Wildman–Crippen MR) is 74.7 cm³/mol. The molecule has 0 saturated carbocycles. The summed E-state index contributed by atoms with van der Waals surface area (Å²) >= 11 is 0. The van der Waals surface area contributed by atoms with Gasteiger partial charge in [0.2, 0.25) is 0 Å². The standard InChI is InChI=1S/C14H13FN6/c15-11-7-4-8-17-13(11)14(19-16)12-9-18-20-21(12)10-5-2-1-3-6-10/h1-9,14,19H,16H2. The highest BCUT2D eigenvalue weighted by atomic mass is 19.1. The van der Waals surface area contributed by atoms with Gasteiger partial charge in [-0.05, 0) is 24.3 Å². The average molecular weight is 284 g/mol. The van der Waals surface area contributed by atoms with Crippen LogP contribution in [-0.2, 0) is 0 Å². The molecule has 0 saturated heterocycles. The van der Waals surface area contributed by atoms with Gasteiger partial charge in [-0.2, -0.15) is 0 Å². The third-order valence-corrected chi connectivity index (χ3v) is 3.10. The third kappa shape index (κ3) is 2.51. The summed E-state index contributed by atoms with van der Waals surface area (Å²) in [7, 11) is 0. The van der Waals surface area contributed by atoms with Crippen molar-refractivity contribution in [1.29, 1.82) is 0 Å². The lowest BCUT2D eigenvalue weighted by Crippen LogP contribution is -2.31. The van der Waals surface area contributed by atoms with Crippen molar-refractivity contribution in [3.63, 3.8) is 0 Å². The molecule has 1 aromatic carbocycles. The Hall–Kier alpha value is -2.64. The van der Waals surface area contributed by atoms with Crippen molar-refractivity contribution in [2.75, 3.05) is 0 Å². The fourth-order valence-corrected chi connectivity index (χ4v) is 2.12. The second-order valence-electron chi connectivity index (χ2n) is 4.38. The number of nitrogens with two attached hydrogens (primary N) is 1. The summed E-state index contributed by atoms with van der Waals surface area (Å²) < 4.78 is 15.5. The van der Waals surface area contributed by atoms with Crippen molar-refractivity contribution in [3.05, 3.63) is 72.1 Å². The minimum absolute atomic E-state index is 0.194. The van der Waals surface area contributed by atoms with Crippen molar-refractivity contribution in [3.8, 4) is 5.69 Å². The van der Waals surface area contributed by atoms with Gasteiger partial charge in [0, 0.05) is 6.20 Å². The zero-order valence-corrected chi connectivity index (χ0v) is 11.0. The molecule has 7 heteroatoms. The highest BCUT2D eigenvalue weighted by Crippen LogP contribution is 2.22. The summed E-state index contributed by atoms with van der Waals surface area (Å²) in [5.74, 6) is 5.14. The van der Waals surface area contributed by atoms with Gasteiger partial charge in [-0.1, -0.05) is 23.4 Å². The second kappa shape index (κ2) is 5.78. The molecule has 3 rings (SSSR count). The van der Waals surface area contributed by atoms with Gasteiger partial charge in [0.15, 0.2) is 0 Å². The van der Waals surface area contributed by atoms with Gasteiger partial charge in [-0.25, -0.2) is 14.5 Å². The van der Waals surface area contributed by atoms with Crippen LogP contribution in [0.15, 0.2) is 54.9 Å². The number of nitrogens with one attached hydrogen (secondary N) is 1. The number of benzene rings is 1. The van der Waals surface area contributed by atoms with Gasteiger partial charge in [0.25, 0.3) is 0 Å². The molecule has 1 atom stereocenters. The zero-order valence-electron chi connectivity index (χ0n) is 11.0. The summed E-state index contributed by atoms with van der Waals surface area (Å²) in [6, 6.07) is 11.6. The molecule has 2 aromatic heterocycles. The Labute approximate surface area is 120 Å². The van der Waals surface area contributed by atoms with Crippen LogP contribution in [-0.4, -0.2) is 20.0 Å². The molecule has 6 nitrogen and oxygen atoms in total. The van der Waals surface area contributed by atoms with Crippen LogP contribution >= 0.6 is 0 Å². The van der Waals surface area contributed by atoms with E-state index in [0.29, 0.717) is 5.69 Å². The van der Waals surface area contributed by atoms with E-state index in [-0.39, 0.29) is 5.69 Å². The fourth-order valence-electron chi connectivity index (χ4n) is 2.12. The molecular formula is C14H13FN6. The van der Waals surface area contributed by atoms with Crippen molar-refractivity contribution in [2.45, 2.75) is 6.04 Å². The predicted octanol–water partition coefficient (Wildman–Crippen LogP) is 1.35. The molecule has 3 aromatic rings. The quantitative estimate of drug-likeness (QED) is 0.558. The number of pyridine rings is 1. The number of halogens is 1. The first-order valence-corrected chi connectivity index (χ1v) is 6.34. The molecule has 0 fully saturated rings. The summed E-state index contributed by atoms with van der Waals surface area (Å²) in [5, 5.41) is 7.92. The molecule has 0 aliphatic heterocycles. The smallest absolute Gasteiger partial charge is 0.146 e. The Morgan fingerprint density at radius 1 is 1.14 bits per heavy atom. The van der Waals surface area contributed by atoms with E-state index >= 15 is 0 Å². The highest BCUT2D eigenvalue weighted by Gasteiger charge is 2.22. The van der Waals surface area contributed by atoms with Crippen LogP contribution in [0, 0.1) is 5.82 Å². The molecule has 2 heterocycles. The minimum atomic E-state index is -0.651. The summed E-state index contributed by atoms with van der Waals surface area (Å²) in [5.41, 5.74) is 4.17. The first-order chi connectivity index (χ1) is 10.3. The van der Waals surface area contributed by atoms with E-state index in [1.165, 1.54) is 24.5 Å². The van der Waals surface area contributed by atoms with E-state index in [1.807, 2.05) is 30.3 Å². The SMILES string of the molecule is NNC(c1ncccc1F)c1cnnn1-c1ccccc1. The first kappa shape index (κ1) is 13.3. The lowest BCUT2D eigenvalue weighted by atomic mass is 10.1. The molecule has 21 heavy (non-hydrogen) atoms. The Bertz CT molecular complexity index is 727. The van der Waals surface area contributed by atoms with E-state index in [4.69, 9.17) is 5.84 Å². The number of hydrogen-bond acceptors (Lipinski definition) is 5. The minimum Gasteiger partial charge on any atom is -0.270 e. The lowest BCUT2D eigenvalue weighted by molar-refractivity contribution is 0.527. The zero-order chi connectivity index (χ0) is 14.7. The third-order valence-electron chi connectivity index (χ3n) is 3.10. The van der Waals surface area contributed by atoms with Gasteiger partial charge in [0.05, 0.1) is 17.6 Å². The first-order valence-electron chi connectivity index (χ1n) is 6.34. The number of nitrogens with zero attached hydrogens (tertiary/aromatic N) is 4. The van der Waals surface area contributed by atoms with Crippen molar-refractivity contribution in [2.24, 2.45) is 5.84 Å². The van der Waals surface area contributed by atoms with Crippen LogP contribution in [0.4, 0.5) is 4.39 Å². The van der Waals surface area contributed by atoms with Gasteiger partial charge in [0.1, 0.15) is 17.6 Å².